The number of carboxylic acids is 1. The molecular formula is C63H105N3O47. The van der Waals surface area contributed by atoms with Gasteiger partial charge in [0.05, 0.1) is 70.6 Å². The molecule has 0 aromatic heterocycles. The number of aliphatic hydroxyl groups is 25. The summed E-state index contributed by atoms with van der Waals surface area (Å²) in [6.07, 6.45) is -89.5. The Bertz CT molecular complexity index is 3040. The van der Waals surface area contributed by atoms with Gasteiger partial charge in [-0.3, -0.25) is 14.4 Å². The van der Waals surface area contributed by atoms with Crippen molar-refractivity contribution in [2.24, 2.45) is 0 Å². The minimum absolute atomic E-state index is 0.852. The summed E-state index contributed by atoms with van der Waals surface area (Å²) in [6, 6.07) is -5.93. The van der Waals surface area contributed by atoms with Crippen LogP contribution in [0.4, 0.5) is 0 Å². The fourth-order valence-electron chi connectivity index (χ4n) is 14.5. The third kappa shape index (κ3) is 20.3. The van der Waals surface area contributed by atoms with Crippen molar-refractivity contribution < 1.29 is 232 Å². The molecule has 1 unspecified atom stereocenters. The predicted octanol–water partition coefficient (Wildman–Crippen LogP) is -18.9. The van der Waals surface area contributed by atoms with E-state index in [0.29, 0.717) is 0 Å². The van der Waals surface area contributed by atoms with Crippen molar-refractivity contribution in [2.75, 3.05) is 46.2 Å². The van der Waals surface area contributed by atoms with E-state index < -0.39 is 358 Å². The van der Waals surface area contributed by atoms with Crippen LogP contribution in [0.5, 0.6) is 0 Å². The molecule has 0 saturated carbocycles. The standard InChI is InChI=1S/C63H105N3O47/c1-14-30(77)38(85)44(91)57(99-14)111-52-40(87)33(80)21(8-68)102-60(52)108-47-24(11-71)104-55(28(36(47)83)65-17(4)73)97-12-25-35(82)51(46(93)59(105-25)107-48-23(10-70)101-54(94)43(90)42(48)89)110-56-29(66-18(5)74)37(84)49(109-61-53(41(88)34(81)22(9-69)103-61)112-58-45(92)39(86)31(78)15(2)100-58)26(106-56)13-98-63(62(95)96)6-19(75)27(64-16(3)72)50(113-63)32(79)20(76)7-67/h14-15,19-61,67-71,75-94H,6-13H2,1-5H3,(H,64,72)(H,65,73)(H,66,74)(H,95,96)/t14-,15-,19-,20+,21+,22+,23+,24+,25+,26+,27+,28+,29+,30+,31+,32+,33-,34-,35-,36+,37+,38+,39+,40-,41-,42?,43+,44-,45-,46+,47+,48+,49+,50+,51-,52+,53+,54-,55+,56-,57-,58-,59-,60-,61-,63+/m0/s1. The van der Waals surface area contributed by atoms with Gasteiger partial charge in [0.25, 0.3) is 5.79 Å². The Hall–Kier alpha value is -3.80. The van der Waals surface area contributed by atoms with Gasteiger partial charge in [0.15, 0.2) is 50.3 Å². The third-order valence-electron chi connectivity index (χ3n) is 20.9. The molecular weight excluding hydrogens is 1550 g/mol. The van der Waals surface area contributed by atoms with Gasteiger partial charge in [0, 0.05) is 27.2 Å². The van der Waals surface area contributed by atoms with E-state index in [4.69, 9.17) is 80.5 Å². The maximum atomic E-state index is 13.6. The number of hydrogen-bond donors (Lipinski definition) is 29. The molecule has 3 amide bonds. The van der Waals surface area contributed by atoms with Gasteiger partial charge in [0.2, 0.25) is 17.7 Å². The quantitative estimate of drug-likeness (QED) is 0.0331. The molecule has 113 heavy (non-hydrogen) atoms. The number of carboxylic acid groups (broad SMARTS) is 1. The van der Waals surface area contributed by atoms with Crippen LogP contribution in [0.1, 0.15) is 41.0 Å². The number of carbonyl (C=O) groups is 4. The fraction of sp³-hybridized carbons (Fsp3) is 0.937. The van der Waals surface area contributed by atoms with E-state index >= 15 is 0 Å². The summed E-state index contributed by atoms with van der Waals surface area (Å²) in [5.74, 6) is -8.43. The zero-order valence-electron chi connectivity index (χ0n) is 60.8. The molecule has 0 aliphatic carbocycles. The fourth-order valence-corrected chi connectivity index (χ4v) is 14.5. The second-order valence-electron chi connectivity index (χ2n) is 28.9. The number of aliphatic carboxylic acids is 1. The SMILES string of the molecule is CC(=O)N[C@H]1[C@H](OC[C@H]2O[C@@H](O[C@H]3C(O)[C@@H](O)[C@@H](O)O[C@@H]3CO)[C@H](O)[C@@H](O[C@@H]3O[C@H](CO[C@]4(C(=O)O)C[C@H](O)[C@@H](NC(C)=O)[C@H]([C@H](O)[C@H](O)CO)O4)[C@@H](O[C@@H]4O[C@H](CO)[C@H](O)[C@H](O)[C@H]4O[C@@H]4O[C@@H](C)[C@@H](O)[C@@H](O)[C@@H]4O)[C@H](O)[C@H]3NC(C)=O)[C@H]2O)O[C@H](CO)[C@@H](O[C@@H]2O[C@H](CO)[C@H](O)[C@H](O)[C@H]2O[C@@H]2O[C@@H](C)[C@@H](O)[C@@H](O)[C@@H]2O)[C@@H]1O. The summed E-state index contributed by atoms with van der Waals surface area (Å²) in [5.41, 5.74) is 0. The molecule has 0 radical (unpaired) electrons. The second-order valence-corrected chi connectivity index (χ2v) is 28.9. The highest BCUT2D eigenvalue weighted by atomic mass is 16.8. The van der Waals surface area contributed by atoms with Crippen LogP contribution in [-0.2, 0) is 99.7 Å². The molecule has 9 fully saturated rings. The highest BCUT2D eigenvalue weighted by molar-refractivity contribution is 5.77. The average molecular weight is 1660 g/mol. The van der Waals surface area contributed by atoms with Gasteiger partial charge < -0.3 is 229 Å². The molecule has 9 heterocycles. The summed E-state index contributed by atoms with van der Waals surface area (Å²) in [4.78, 5) is 52.6. The van der Waals surface area contributed by atoms with Crippen molar-refractivity contribution in [3.8, 4) is 0 Å². The van der Waals surface area contributed by atoms with E-state index in [0.717, 1.165) is 20.8 Å². The van der Waals surface area contributed by atoms with Crippen LogP contribution < -0.4 is 16.0 Å². The van der Waals surface area contributed by atoms with Crippen LogP contribution in [0.15, 0.2) is 0 Å². The lowest BCUT2D eigenvalue weighted by Crippen LogP contribution is -2.71. The number of carbonyl (C=O) groups excluding carboxylic acids is 3. The van der Waals surface area contributed by atoms with Crippen LogP contribution in [0.25, 0.3) is 0 Å². The van der Waals surface area contributed by atoms with Crippen molar-refractivity contribution in [3.63, 3.8) is 0 Å². The van der Waals surface area contributed by atoms with Gasteiger partial charge >= 0.3 is 5.97 Å². The summed E-state index contributed by atoms with van der Waals surface area (Å²) >= 11 is 0. The van der Waals surface area contributed by atoms with Crippen molar-refractivity contribution in [2.45, 2.75) is 323 Å². The number of aliphatic hydroxyl groups excluding tert-OH is 25. The lowest BCUT2D eigenvalue weighted by atomic mass is 9.88. The number of nitrogens with one attached hydrogen (secondary N) is 3. The molecule has 0 aromatic rings. The smallest absolute Gasteiger partial charge is 0.364 e. The molecule has 50 heteroatoms. The van der Waals surface area contributed by atoms with Crippen molar-refractivity contribution in [3.05, 3.63) is 0 Å². The topological polar surface area (TPSA) is 787 Å². The maximum absolute atomic E-state index is 13.6. The molecule has 50 nitrogen and oxygen atoms in total. The van der Waals surface area contributed by atoms with Crippen LogP contribution in [0.2, 0.25) is 0 Å². The van der Waals surface area contributed by atoms with Gasteiger partial charge in [-0.15, -0.1) is 0 Å². The Morgan fingerprint density at radius 2 is 0.770 bits per heavy atom. The Labute approximate surface area is 639 Å². The third-order valence-corrected chi connectivity index (χ3v) is 20.9. The van der Waals surface area contributed by atoms with E-state index in [1.807, 2.05) is 0 Å². The molecule has 9 rings (SSSR count). The lowest BCUT2D eigenvalue weighted by molar-refractivity contribution is -0.396. The molecule has 0 bridgehead atoms. The largest absolute Gasteiger partial charge is 0.477 e. The van der Waals surface area contributed by atoms with Crippen molar-refractivity contribution in [1.82, 2.24) is 16.0 Å². The predicted molar refractivity (Wildman–Crippen MR) is 346 cm³/mol. The van der Waals surface area contributed by atoms with Gasteiger partial charge in [-0.05, 0) is 13.8 Å². The van der Waals surface area contributed by atoms with E-state index in [-0.39, 0.29) is 0 Å². The molecule has 0 aromatic carbocycles. The minimum atomic E-state index is -3.31. The number of hydrogen-bond acceptors (Lipinski definition) is 46. The number of ether oxygens (including phenoxy) is 17. The maximum Gasteiger partial charge on any atom is 0.364 e. The highest BCUT2D eigenvalue weighted by Crippen LogP contribution is 2.41. The Morgan fingerprint density at radius 1 is 0.381 bits per heavy atom. The van der Waals surface area contributed by atoms with Crippen molar-refractivity contribution >= 4 is 23.7 Å². The first kappa shape index (κ1) is 93.1. The summed E-state index contributed by atoms with van der Waals surface area (Å²) < 4.78 is 100. The van der Waals surface area contributed by atoms with Crippen LogP contribution in [-0.4, -0.2) is 484 Å². The van der Waals surface area contributed by atoms with Gasteiger partial charge in [-0.25, -0.2) is 4.79 Å². The first-order chi connectivity index (χ1) is 53.2. The summed E-state index contributed by atoms with van der Waals surface area (Å²) in [6.45, 7) is -3.06. The van der Waals surface area contributed by atoms with Crippen LogP contribution >= 0.6 is 0 Å². The molecule has 9 aliphatic rings. The number of amides is 3. The molecule has 9 aliphatic heterocycles. The monoisotopic (exact) mass is 1660 g/mol. The molecule has 0 spiro atoms. The van der Waals surface area contributed by atoms with E-state index in [9.17, 15) is 152 Å². The summed E-state index contributed by atoms with van der Waals surface area (Å²) in [7, 11) is 0. The highest BCUT2D eigenvalue weighted by Gasteiger charge is 2.62. The second kappa shape index (κ2) is 39.6. The minimum Gasteiger partial charge on any atom is -0.477 e. The van der Waals surface area contributed by atoms with Gasteiger partial charge in [-0.2, -0.15) is 0 Å². The zero-order valence-corrected chi connectivity index (χ0v) is 60.8. The molecule has 29 N–H and O–H groups in total. The van der Waals surface area contributed by atoms with Gasteiger partial charge in [0.1, 0.15) is 201 Å². The first-order valence-electron chi connectivity index (χ1n) is 36.0. The summed E-state index contributed by atoms with van der Waals surface area (Å²) in [5, 5.41) is 295. The molecule has 9 saturated heterocycles. The Morgan fingerprint density at radius 3 is 1.24 bits per heavy atom. The number of rotatable bonds is 29. The molecule has 654 valence electrons. The molecule has 46 atom stereocenters. The Balaban J connectivity index is 1.07. The zero-order chi connectivity index (χ0) is 83.6. The normalized spacial score (nSPS) is 49.2. The average Bonchev–Trinajstić information content (AvgIpc) is 0.752. The van der Waals surface area contributed by atoms with E-state index in [1.165, 1.54) is 13.8 Å². The van der Waals surface area contributed by atoms with Gasteiger partial charge in [-0.1, -0.05) is 0 Å². The first-order valence-corrected chi connectivity index (χ1v) is 36.0. The van der Waals surface area contributed by atoms with Crippen LogP contribution in [0.3, 0.4) is 0 Å². The lowest BCUT2D eigenvalue weighted by Gasteiger charge is -2.51. The van der Waals surface area contributed by atoms with Crippen molar-refractivity contribution in [1.29, 1.82) is 0 Å². The van der Waals surface area contributed by atoms with E-state index in [1.54, 1.807) is 0 Å². The van der Waals surface area contributed by atoms with Crippen LogP contribution in [0, 0.1) is 0 Å². The Kier molecular flexibility index (Phi) is 32.6. The van der Waals surface area contributed by atoms with E-state index in [2.05, 4.69) is 16.0 Å².